The highest BCUT2D eigenvalue weighted by atomic mass is 79.9. The second-order valence-corrected chi connectivity index (χ2v) is 8.25. The topological polar surface area (TPSA) is 17.8 Å². The fraction of sp³-hybridized carbons (Fsp3) is 0.550. The van der Waals surface area contributed by atoms with Crippen molar-refractivity contribution in [2.24, 2.45) is 5.92 Å². The molecule has 0 aliphatic heterocycles. The highest BCUT2D eigenvalue weighted by Crippen LogP contribution is 2.42. The van der Waals surface area contributed by atoms with Crippen molar-refractivity contribution in [3.05, 3.63) is 51.8 Å². The van der Waals surface area contributed by atoms with Gasteiger partial charge in [0.25, 0.3) is 0 Å². The second-order valence-electron chi connectivity index (χ2n) is 7.50. The van der Waals surface area contributed by atoms with Crippen LogP contribution in [0.25, 0.3) is 0 Å². The van der Waals surface area contributed by atoms with Crippen LogP contribution in [0.3, 0.4) is 0 Å². The summed E-state index contributed by atoms with van der Waals surface area (Å²) < 4.78 is 16.6. The van der Waals surface area contributed by atoms with Gasteiger partial charge in [0.05, 0.1) is 0 Å². The molecule has 2 aliphatic carbocycles. The molecule has 0 saturated heterocycles. The summed E-state index contributed by atoms with van der Waals surface area (Å²) in [5, 5.41) is 0. The molecular weight excluding hydrogens is 367 g/mol. The molecule has 0 bridgehead atoms. The Hall–Kier alpha value is -1.16. The monoisotopic (exact) mass is 390 g/mol. The molecule has 0 unspecified atom stereocenters. The zero-order valence-electron chi connectivity index (χ0n) is 14.1. The second kappa shape index (κ2) is 6.62. The van der Waals surface area contributed by atoms with Crippen molar-refractivity contribution in [1.29, 1.82) is 0 Å². The molecule has 4 rings (SSSR count). The van der Waals surface area contributed by atoms with E-state index in [9.17, 15) is 4.39 Å². The first kappa shape index (κ1) is 16.3. The van der Waals surface area contributed by atoms with E-state index in [1.165, 1.54) is 55.6 Å². The van der Waals surface area contributed by atoms with E-state index >= 15 is 0 Å². The summed E-state index contributed by atoms with van der Waals surface area (Å²) in [7, 11) is 0. The van der Waals surface area contributed by atoms with Crippen molar-refractivity contribution in [3.8, 4) is 0 Å². The molecule has 24 heavy (non-hydrogen) atoms. The SMILES string of the molecule is Cc1c(Br)nc(C2CCC(c3ccc(F)cc3)CC2)n1CC1CC1. The molecule has 0 radical (unpaired) electrons. The Morgan fingerprint density at radius 3 is 2.29 bits per heavy atom. The van der Waals surface area contributed by atoms with Gasteiger partial charge in [-0.15, -0.1) is 0 Å². The minimum absolute atomic E-state index is 0.144. The number of rotatable bonds is 4. The van der Waals surface area contributed by atoms with Crippen molar-refractivity contribution in [2.45, 2.75) is 63.8 Å². The predicted molar refractivity (Wildman–Crippen MR) is 97.7 cm³/mol. The lowest BCUT2D eigenvalue weighted by Crippen LogP contribution is -2.17. The summed E-state index contributed by atoms with van der Waals surface area (Å²) >= 11 is 3.63. The third kappa shape index (κ3) is 3.30. The van der Waals surface area contributed by atoms with Crippen molar-refractivity contribution < 1.29 is 4.39 Å². The molecule has 0 amide bonds. The molecule has 2 saturated carbocycles. The molecule has 0 spiro atoms. The van der Waals surface area contributed by atoms with E-state index in [1.54, 1.807) is 12.1 Å². The molecule has 2 aliphatic rings. The first-order valence-corrected chi connectivity index (χ1v) is 9.89. The maximum absolute atomic E-state index is 13.1. The normalized spacial score (nSPS) is 24.3. The van der Waals surface area contributed by atoms with Gasteiger partial charge in [0, 0.05) is 18.2 Å². The number of imidazole rings is 1. The van der Waals surface area contributed by atoms with Crippen LogP contribution in [-0.4, -0.2) is 9.55 Å². The average Bonchev–Trinajstić information content (AvgIpc) is 3.37. The summed E-state index contributed by atoms with van der Waals surface area (Å²) in [6.07, 6.45) is 7.43. The zero-order chi connectivity index (χ0) is 16.7. The standard InChI is InChI=1S/C20H24BrFN2/c1-13-19(21)23-20(24(13)12-14-2-3-14)17-6-4-15(5-7-17)16-8-10-18(22)11-9-16/h8-11,14-15,17H,2-7,12H2,1H3. The van der Waals surface area contributed by atoms with E-state index in [1.807, 2.05) is 12.1 Å². The number of hydrogen-bond donors (Lipinski definition) is 0. The van der Waals surface area contributed by atoms with Crippen LogP contribution in [0.1, 0.15) is 67.4 Å². The van der Waals surface area contributed by atoms with Gasteiger partial charge in [-0.2, -0.15) is 0 Å². The predicted octanol–water partition coefficient (Wildman–Crippen LogP) is 5.94. The molecule has 4 heteroatoms. The lowest BCUT2D eigenvalue weighted by molar-refractivity contribution is 0.373. The van der Waals surface area contributed by atoms with E-state index in [0.29, 0.717) is 11.8 Å². The Labute approximate surface area is 151 Å². The fourth-order valence-corrected chi connectivity index (χ4v) is 4.44. The minimum Gasteiger partial charge on any atom is -0.331 e. The first-order chi connectivity index (χ1) is 11.6. The van der Waals surface area contributed by atoms with Gasteiger partial charge in [0.2, 0.25) is 0 Å². The van der Waals surface area contributed by atoms with Gasteiger partial charge in [-0.3, -0.25) is 0 Å². The largest absolute Gasteiger partial charge is 0.331 e. The first-order valence-electron chi connectivity index (χ1n) is 9.10. The maximum Gasteiger partial charge on any atom is 0.127 e. The van der Waals surface area contributed by atoms with Crippen LogP contribution < -0.4 is 0 Å². The molecular formula is C20H24BrFN2. The number of hydrogen-bond acceptors (Lipinski definition) is 1. The van der Waals surface area contributed by atoms with Crippen molar-refractivity contribution in [3.63, 3.8) is 0 Å². The summed E-state index contributed by atoms with van der Waals surface area (Å²) in [6, 6.07) is 7.08. The van der Waals surface area contributed by atoms with Crippen LogP contribution in [-0.2, 0) is 6.54 Å². The van der Waals surface area contributed by atoms with Crippen LogP contribution in [0.4, 0.5) is 4.39 Å². The molecule has 128 valence electrons. The molecule has 1 aromatic carbocycles. The number of benzene rings is 1. The van der Waals surface area contributed by atoms with Gasteiger partial charge in [-0.05, 0) is 90.9 Å². The van der Waals surface area contributed by atoms with Crippen LogP contribution in [0, 0.1) is 18.7 Å². The lowest BCUT2D eigenvalue weighted by atomic mass is 9.78. The quantitative estimate of drug-likeness (QED) is 0.630. The molecule has 0 atom stereocenters. The molecule has 0 N–H and O–H groups in total. The Bertz CT molecular complexity index is 710. The van der Waals surface area contributed by atoms with Crippen molar-refractivity contribution in [1.82, 2.24) is 9.55 Å². The zero-order valence-corrected chi connectivity index (χ0v) is 15.7. The third-order valence-corrected chi connectivity index (χ3v) is 6.52. The van der Waals surface area contributed by atoms with Crippen LogP contribution in [0.5, 0.6) is 0 Å². The van der Waals surface area contributed by atoms with Gasteiger partial charge < -0.3 is 4.57 Å². The smallest absolute Gasteiger partial charge is 0.127 e. The molecule has 2 fully saturated rings. The van der Waals surface area contributed by atoms with Gasteiger partial charge in [0.15, 0.2) is 0 Å². The number of halogens is 2. The number of aromatic nitrogens is 2. The fourth-order valence-electron chi connectivity index (χ4n) is 4.05. The average molecular weight is 391 g/mol. The number of nitrogens with zero attached hydrogens (tertiary/aromatic N) is 2. The summed E-state index contributed by atoms with van der Waals surface area (Å²) in [4.78, 5) is 4.85. The van der Waals surface area contributed by atoms with Crippen molar-refractivity contribution >= 4 is 15.9 Å². The lowest BCUT2D eigenvalue weighted by Gasteiger charge is -2.29. The summed E-state index contributed by atoms with van der Waals surface area (Å²) in [6.45, 7) is 3.31. The minimum atomic E-state index is -0.144. The van der Waals surface area contributed by atoms with E-state index in [2.05, 4.69) is 27.4 Å². The highest BCUT2D eigenvalue weighted by molar-refractivity contribution is 9.10. The third-order valence-electron chi connectivity index (χ3n) is 5.76. The Morgan fingerprint density at radius 1 is 1.04 bits per heavy atom. The van der Waals surface area contributed by atoms with E-state index < -0.39 is 0 Å². The molecule has 2 nitrogen and oxygen atoms in total. The summed E-state index contributed by atoms with van der Waals surface area (Å²) in [5.74, 6) is 3.13. The van der Waals surface area contributed by atoms with Crippen LogP contribution in [0.2, 0.25) is 0 Å². The van der Waals surface area contributed by atoms with Gasteiger partial charge >= 0.3 is 0 Å². The van der Waals surface area contributed by atoms with Gasteiger partial charge in [-0.1, -0.05) is 12.1 Å². The van der Waals surface area contributed by atoms with E-state index in [0.717, 1.165) is 17.1 Å². The van der Waals surface area contributed by atoms with Gasteiger partial charge in [0.1, 0.15) is 16.2 Å². The van der Waals surface area contributed by atoms with Crippen LogP contribution >= 0.6 is 15.9 Å². The van der Waals surface area contributed by atoms with Gasteiger partial charge in [-0.25, -0.2) is 9.37 Å². The maximum atomic E-state index is 13.1. The summed E-state index contributed by atoms with van der Waals surface area (Å²) in [5.41, 5.74) is 2.56. The molecule has 1 heterocycles. The van der Waals surface area contributed by atoms with E-state index in [4.69, 9.17) is 4.98 Å². The Morgan fingerprint density at radius 2 is 1.67 bits per heavy atom. The Kier molecular flexibility index (Phi) is 4.50. The molecule has 1 aromatic heterocycles. The molecule has 2 aromatic rings. The van der Waals surface area contributed by atoms with Crippen molar-refractivity contribution in [2.75, 3.05) is 0 Å². The van der Waals surface area contributed by atoms with E-state index in [-0.39, 0.29) is 5.82 Å². The Balaban J connectivity index is 1.47. The van der Waals surface area contributed by atoms with Crippen LogP contribution in [0.15, 0.2) is 28.9 Å². The highest BCUT2D eigenvalue weighted by Gasteiger charge is 2.30.